The number of anilines is 2. The van der Waals surface area contributed by atoms with E-state index >= 15 is 0 Å². The minimum Gasteiger partial charge on any atom is -0.370 e. The molecule has 35 heavy (non-hydrogen) atoms. The van der Waals surface area contributed by atoms with E-state index in [1.807, 2.05) is 24.3 Å². The van der Waals surface area contributed by atoms with Crippen LogP contribution in [0.3, 0.4) is 0 Å². The van der Waals surface area contributed by atoms with Gasteiger partial charge in [-0.15, -0.1) is 12.4 Å². The maximum atomic E-state index is 11.5. The van der Waals surface area contributed by atoms with E-state index in [1.165, 1.54) is 19.3 Å². The van der Waals surface area contributed by atoms with Gasteiger partial charge in [-0.05, 0) is 55.7 Å². The van der Waals surface area contributed by atoms with Crippen molar-refractivity contribution in [3.05, 3.63) is 57.6 Å². The molecule has 2 aliphatic rings. The standard InChI is InChI=1S/C13H17ClN2O.C12H16ClN3O.ClH/c1-15-13(17)10-5-6-12(11(14)9-10)16-7-3-2-4-8-16;1-14-12(17)9-2-3-11(10(13)8-9)16-6-4-15-5-7-16;/h5-6,9H,2-4,7-8H2,1H3,(H,15,17);2-3,8,15H,4-7H2,1H3,(H,14,17);1H. The molecule has 2 aromatic rings. The number of hydrogen-bond acceptors (Lipinski definition) is 5. The number of halogens is 3. The number of piperazine rings is 1. The van der Waals surface area contributed by atoms with E-state index in [0.717, 1.165) is 50.6 Å². The first-order chi connectivity index (χ1) is 16.4. The molecule has 0 unspecified atom stereocenters. The van der Waals surface area contributed by atoms with Crippen LogP contribution in [0.2, 0.25) is 10.0 Å². The first-order valence-corrected chi connectivity index (χ1v) is 12.4. The molecule has 4 rings (SSSR count). The van der Waals surface area contributed by atoms with Crippen LogP contribution < -0.4 is 25.8 Å². The van der Waals surface area contributed by atoms with E-state index in [2.05, 4.69) is 25.8 Å². The van der Waals surface area contributed by atoms with Gasteiger partial charge in [0, 0.05) is 64.5 Å². The predicted octanol–water partition coefficient (Wildman–Crippen LogP) is 4.22. The minimum atomic E-state index is -0.112. The maximum absolute atomic E-state index is 11.5. The normalized spacial score (nSPS) is 15.3. The molecule has 0 aliphatic carbocycles. The number of carbonyl (C=O) groups is 2. The van der Waals surface area contributed by atoms with Crippen LogP contribution in [0.25, 0.3) is 0 Å². The van der Waals surface area contributed by atoms with Crippen molar-refractivity contribution >= 4 is 58.8 Å². The molecule has 0 aromatic heterocycles. The Bertz CT molecular complexity index is 914. The fraction of sp³-hybridized carbons (Fsp3) is 0.440. The Kier molecular flexibility index (Phi) is 11.9. The van der Waals surface area contributed by atoms with Crippen molar-refractivity contribution < 1.29 is 9.59 Å². The first kappa shape index (κ1) is 29.0. The molecule has 0 bridgehead atoms. The van der Waals surface area contributed by atoms with E-state index in [1.54, 1.807) is 26.2 Å². The topological polar surface area (TPSA) is 76.7 Å². The molecule has 0 spiro atoms. The average Bonchev–Trinajstić information content (AvgIpc) is 2.89. The molecule has 2 fully saturated rings. The van der Waals surface area contributed by atoms with Gasteiger partial charge in [0.2, 0.25) is 0 Å². The lowest BCUT2D eigenvalue weighted by Gasteiger charge is -2.30. The Balaban J connectivity index is 0.000000240. The van der Waals surface area contributed by atoms with Gasteiger partial charge in [0.1, 0.15) is 0 Å². The molecular formula is C25H34Cl3N5O2. The maximum Gasteiger partial charge on any atom is 0.251 e. The lowest BCUT2D eigenvalue weighted by molar-refractivity contribution is 0.0955. The van der Waals surface area contributed by atoms with Gasteiger partial charge in [-0.1, -0.05) is 23.2 Å². The van der Waals surface area contributed by atoms with Gasteiger partial charge >= 0.3 is 0 Å². The van der Waals surface area contributed by atoms with E-state index in [-0.39, 0.29) is 24.2 Å². The van der Waals surface area contributed by atoms with Crippen LogP contribution in [-0.4, -0.2) is 65.2 Å². The minimum absolute atomic E-state index is 0. The molecule has 3 N–H and O–H groups in total. The second-order valence-electron chi connectivity index (χ2n) is 8.28. The SMILES string of the molecule is CNC(=O)c1ccc(N2CCCCC2)c(Cl)c1.CNC(=O)c1ccc(N2CCNCC2)c(Cl)c1.Cl. The Morgan fingerprint density at radius 2 is 1.17 bits per heavy atom. The molecule has 2 aliphatic heterocycles. The zero-order valence-electron chi connectivity index (χ0n) is 20.2. The van der Waals surface area contributed by atoms with Gasteiger partial charge in [-0.2, -0.15) is 0 Å². The molecule has 10 heteroatoms. The van der Waals surface area contributed by atoms with E-state index in [9.17, 15) is 9.59 Å². The smallest absolute Gasteiger partial charge is 0.251 e. The van der Waals surface area contributed by atoms with Gasteiger partial charge < -0.3 is 25.8 Å². The Labute approximate surface area is 223 Å². The highest BCUT2D eigenvalue weighted by molar-refractivity contribution is 6.34. The van der Waals surface area contributed by atoms with Crippen LogP contribution in [0.5, 0.6) is 0 Å². The Morgan fingerprint density at radius 3 is 1.57 bits per heavy atom. The van der Waals surface area contributed by atoms with Crippen molar-refractivity contribution in [2.75, 3.05) is 63.2 Å². The lowest BCUT2D eigenvalue weighted by Crippen LogP contribution is -2.43. The van der Waals surface area contributed by atoms with Crippen LogP contribution in [-0.2, 0) is 0 Å². The highest BCUT2D eigenvalue weighted by Gasteiger charge is 2.16. The quantitative estimate of drug-likeness (QED) is 0.539. The van der Waals surface area contributed by atoms with Crippen LogP contribution in [0, 0.1) is 0 Å². The molecule has 2 saturated heterocycles. The average molecular weight is 543 g/mol. The summed E-state index contributed by atoms with van der Waals surface area (Å²) in [4.78, 5) is 27.4. The first-order valence-electron chi connectivity index (χ1n) is 11.7. The van der Waals surface area contributed by atoms with Crippen molar-refractivity contribution in [1.82, 2.24) is 16.0 Å². The van der Waals surface area contributed by atoms with Gasteiger partial charge in [-0.3, -0.25) is 9.59 Å². The predicted molar refractivity (Wildman–Crippen MR) is 148 cm³/mol. The zero-order valence-corrected chi connectivity index (χ0v) is 22.5. The second-order valence-corrected chi connectivity index (χ2v) is 9.09. The largest absolute Gasteiger partial charge is 0.370 e. The summed E-state index contributed by atoms with van der Waals surface area (Å²) in [7, 11) is 3.23. The third-order valence-corrected chi connectivity index (χ3v) is 6.63. The van der Waals surface area contributed by atoms with Crippen molar-refractivity contribution in [2.24, 2.45) is 0 Å². The zero-order chi connectivity index (χ0) is 24.5. The summed E-state index contributed by atoms with van der Waals surface area (Å²) in [6, 6.07) is 11.0. The van der Waals surface area contributed by atoms with E-state index in [0.29, 0.717) is 21.2 Å². The number of benzene rings is 2. The summed E-state index contributed by atoms with van der Waals surface area (Å²) in [6.07, 6.45) is 3.73. The molecule has 2 amide bonds. The molecule has 192 valence electrons. The van der Waals surface area contributed by atoms with E-state index < -0.39 is 0 Å². The van der Waals surface area contributed by atoms with Crippen molar-refractivity contribution in [3.63, 3.8) is 0 Å². The van der Waals surface area contributed by atoms with Gasteiger partial charge in [0.15, 0.2) is 0 Å². The number of amides is 2. The third-order valence-electron chi connectivity index (χ3n) is 6.03. The lowest BCUT2D eigenvalue weighted by atomic mass is 10.1. The summed E-state index contributed by atoms with van der Waals surface area (Å²) in [6.45, 7) is 5.93. The molecule has 0 atom stereocenters. The molecule has 2 heterocycles. The van der Waals surface area contributed by atoms with Crippen LogP contribution in [0.4, 0.5) is 11.4 Å². The van der Waals surface area contributed by atoms with Crippen LogP contribution >= 0.6 is 35.6 Å². The molecular weight excluding hydrogens is 509 g/mol. The van der Waals surface area contributed by atoms with Crippen LogP contribution in [0.15, 0.2) is 36.4 Å². The summed E-state index contributed by atoms with van der Waals surface area (Å²) >= 11 is 12.5. The molecule has 2 aromatic carbocycles. The van der Waals surface area contributed by atoms with E-state index in [4.69, 9.17) is 23.2 Å². The van der Waals surface area contributed by atoms with Crippen molar-refractivity contribution in [2.45, 2.75) is 19.3 Å². The number of hydrogen-bond donors (Lipinski definition) is 3. The second kappa shape index (κ2) is 14.4. The summed E-state index contributed by atoms with van der Waals surface area (Å²) < 4.78 is 0. The summed E-state index contributed by atoms with van der Waals surface area (Å²) in [5.74, 6) is -0.212. The number of nitrogens with one attached hydrogen (secondary N) is 3. The highest BCUT2D eigenvalue weighted by Crippen LogP contribution is 2.29. The number of nitrogens with zero attached hydrogens (tertiary/aromatic N) is 2. The summed E-state index contributed by atoms with van der Waals surface area (Å²) in [5, 5.41) is 9.77. The van der Waals surface area contributed by atoms with Crippen molar-refractivity contribution in [3.8, 4) is 0 Å². The van der Waals surface area contributed by atoms with Crippen LogP contribution in [0.1, 0.15) is 40.0 Å². The Hall–Kier alpha value is -2.19. The number of rotatable bonds is 4. The summed E-state index contributed by atoms with van der Waals surface area (Å²) in [5.41, 5.74) is 3.24. The monoisotopic (exact) mass is 541 g/mol. The molecule has 0 radical (unpaired) electrons. The van der Waals surface area contributed by atoms with Crippen molar-refractivity contribution in [1.29, 1.82) is 0 Å². The highest BCUT2D eigenvalue weighted by atomic mass is 35.5. The molecule has 0 saturated carbocycles. The number of carbonyl (C=O) groups excluding carboxylic acids is 2. The van der Waals surface area contributed by atoms with Gasteiger partial charge in [0.05, 0.1) is 21.4 Å². The molecule has 7 nitrogen and oxygen atoms in total. The number of piperidine rings is 1. The van der Waals surface area contributed by atoms with Gasteiger partial charge in [-0.25, -0.2) is 0 Å². The van der Waals surface area contributed by atoms with Gasteiger partial charge in [0.25, 0.3) is 11.8 Å². The third kappa shape index (κ3) is 7.90. The Morgan fingerprint density at radius 1 is 0.743 bits per heavy atom. The fourth-order valence-electron chi connectivity index (χ4n) is 4.14. The fourth-order valence-corrected chi connectivity index (χ4v) is 4.74.